The van der Waals surface area contributed by atoms with Gasteiger partial charge >= 0.3 is 5.97 Å². The first-order valence-electron chi connectivity index (χ1n) is 12.6. The van der Waals surface area contributed by atoms with Crippen molar-refractivity contribution >= 4 is 40.2 Å². The van der Waals surface area contributed by atoms with Crippen LogP contribution in [-0.4, -0.2) is 18.4 Å². The van der Waals surface area contributed by atoms with Crippen molar-refractivity contribution in [3.63, 3.8) is 0 Å². The van der Waals surface area contributed by atoms with Crippen LogP contribution in [0.2, 0.25) is 0 Å². The molecular formula is C28H39IN2O3. The molecule has 0 fully saturated rings. The second kappa shape index (κ2) is 16.5. The van der Waals surface area contributed by atoms with E-state index in [0.29, 0.717) is 18.7 Å². The Morgan fingerprint density at radius 2 is 1.38 bits per heavy atom. The van der Waals surface area contributed by atoms with Crippen molar-refractivity contribution in [2.75, 3.05) is 11.6 Å². The summed E-state index contributed by atoms with van der Waals surface area (Å²) >= 11 is 2.24. The Bertz CT molecular complexity index is 853. The first kappa shape index (κ1) is 28.1. The lowest BCUT2D eigenvalue weighted by Gasteiger charge is -2.22. The number of carbonyl (C=O) groups excluding carboxylic acids is 2. The van der Waals surface area contributed by atoms with Gasteiger partial charge in [0.15, 0.2) is 0 Å². The Hall–Kier alpha value is -2.09. The van der Waals surface area contributed by atoms with Crippen LogP contribution in [0.15, 0.2) is 48.5 Å². The highest BCUT2D eigenvalue weighted by Crippen LogP contribution is 2.20. The van der Waals surface area contributed by atoms with E-state index in [2.05, 4.69) is 34.8 Å². The maximum absolute atomic E-state index is 12.4. The van der Waals surface area contributed by atoms with Crippen LogP contribution >= 0.6 is 22.6 Å². The number of anilines is 1. The molecule has 0 saturated heterocycles. The maximum atomic E-state index is 12.4. The van der Waals surface area contributed by atoms with Crippen molar-refractivity contribution in [3.05, 3.63) is 63.2 Å². The van der Waals surface area contributed by atoms with Crippen LogP contribution in [0.5, 0.6) is 0 Å². The molecule has 0 aliphatic carbocycles. The monoisotopic (exact) mass is 578 g/mol. The Morgan fingerprint density at radius 3 is 1.94 bits per heavy atom. The first-order valence-corrected chi connectivity index (χ1v) is 13.7. The number of rotatable bonds is 16. The minimum atomic E-state index is -0.374. The Balaban J connectivity index is 1.71. The van der Waals surface area contributed by atoms with E-state index in [-0.39, 0.29) is 11.9 Å². The maximum Gasteiger partial charge on any atom is 0.329 e. The molecule has 0 aliphatic heterocycles. The van der Waals surface area contributed by atoms with Crippen molar-refractivity contribution in [2.24, 2.45) is 0 Å². The summed E-state index contributed by atoms with van der Waals surface area (Å²) in [5.74, 6) is -0.418. The molecule has 1 amide bonds. The molecule has 0 saturated carbocycles. The quantitative estimate of drug-likeness (QED) is 0.128. The fourth-order valence-corrected chi connectivity index (χ4v) is 4.14. The highest BCUT2D eigenvalue weighted by molar-refractivity contribution is 14.1. The second-order valence-electron chi connectivity index (χ2n) is 8.73. The highest BCUT2D eigenvalue weighted by atomic mass is 127. The molecule has 1 N–H and O–H groups in total. The molecule has 2 rings (SSSR count). The highest BCUT2D eigenvalue weighted by Gasteiger charge is 2.12. The summed E-state index contributed by atoms with van der Waals surface area (Å²) in [7, 11) is 0. The van der Waals surface area contributed by atoms with E-state index in [1.54, 1.807) is 5.06 Å². The number of hydroxylamine groups is 1. The molecule has 0 bridgehead atoms. The van der Waals surface area contributed by atoms with Crippen molar-refractivity contribution in [2.45, 2.75) is 84.6 Å². The number of unbranched alkanes of at least 4 members (excludes halogenated alkanes) is 9. The third-order valence-electron chi connectivity index (χ3n) is 5.71. The van der Waals surface area contributed by atoms with Crippen LogP contribution in [0.3, 0.4) is 0 Å². The molecule has 5 nitrogen and oxygen atoms in total. The molecule has 0 aliphatic rings. The normalized spacial score (nSPS) is 10.7. The Morgan fingerprint density at radius 1 is 0.824 bits per heavy atom. The van der Waals surface area contributed by atoms with Gasteiger partial charge in [0.25, 0.3) is 5.91 Å². The van der Waals surface area contributed by atoms with Crippen molar-refractivity contribution in [1.29, 1.82) is 0 Å². The second-order valence-corrected chi connectivity index (χ2v) is 9.98. The summed E-state index contributed by atoms with van der Waals surface area (Å²) in [6, 6.07) is 15.2. The van der Waals surface area contributed by atoms with Gasteiger partial charge in [0.2, 0.25) is 0 Å². The topological polar surface area (TPSA) is 58.6 Å². The summed E-state index contributed by atoms with van der Waals surface area (Å²) in [4.78, 5) is 29.4. The molecule has 0 atom stereocenters. The predicted molar refractivity (Wildman–Crippen MR) is 148 cm³/mol. The minimum absolute atomic E-state index is 0.0445. The van der Waals surface area contributed by atoms with Gasteiger partial charge < -0.3 is 10.2 Å². The van der Waals surface area contributed by atoms with Gasteiger partial charge in [-0.05, 0) is 71.0 Å². The van der Waals surface area contributed by atoms with Gasteiger partial charge in [-0.25, -0.2) is 5.06 Å². The van der Waals surface area contributed by atoms with Gasteiger partial charge in [-0.3, -0.25) is 9.59 Å². The van der Waals surface area contributed by atoms with Gasteiger partial charge in [0.1, 0.15) is 0 Å². The van der Waals surface area contributed by atoms with Gasteiger partial charge in [-0.15, -0.1) is 0 Å². The van der Waals surface area contributed by atoms with E-state index < -0.39 is 0 Å². The summed E-state index contributed by atoms with van der Waals surface area (Å²) in [5.41, 5.74) is 2.39. The van der Waals surface area contributed by atoms with Crippen LogP contribution in [-0.2, 0) is 16.2 Å². The molecular weight excluding hydrogens is 539 g/mol. The molecule has 0 spiro atoms. The van der Waals surface area contributed by atoms with Crippen LogP contribution in [0.1, 0.15) is 94.0 Å². The zero-order chi connectivity index (χ0) is 24.6. The summed E-state index contributed by atoms with van der Waals surface area (Å²) in [6.07, 6.45) is 12.8. The van der Waals surface area contributed by atoms with Crippen LogP contribution < -0.4 is 10.4 Å². The van der Waals surface area contributed by atoms with Gasteiger partial charge in [0, 0.05) is 22.6 Å². The van der Waals surface area contributed by atoms with E-state index in [0.717, 1.165) is 21.2 Å². The lowest BCUT2D eigenvalue weighted by Crippen LogP contribution is -2.26. The Kier molecular flexibility index (Phi) is 13.7. The smallest absolute Gasteiger partial charge is 0.329 e. The van der Waals surface area contributed by atoms with Crippen LogP contribution in [0.25, 0.3) is 0 Å². The van der Waals surface area contributed by atoms with E-state index in [1.807, 2.05) is 48.5 Å². The van der Waals surface area contributed by atoms with Crippen molar-refractivity contribution in [1.82, 2.24) is 5.32 Å². The summed E-state index contributed by atoms with van der Waals surface area (Å²) in [6.45, 7) is 4.76. The van der Waals surface area contributed by atoms with E-state index in [1.165, 1.54) is 64.7 Å². The fraction of sp³-hybridized carbons (Fsp3) is 0.500. The number of hydrogen-bond acceptors (Lipinski definition) is 4. The lowest BCUT2D eigenvalue weighted by molar-refractivity contribution is -0.142. The number of benzene rings is 2. The summed E-state index contributed by atoms with van der Waals surface area (Å²) in [5, 5.41) is 4.59. The average Bonchev–Trinajstić information content (AvgIpc) is 2.82. The first-order chi connectivity index (χ1) is 16.5. The third-order valence-corrected chi connectivity index (χ3v) is 6.43. The zero-order valence-corrected chi connectivity index (χ0v) is 22.8. The number of hydrogen-bond donors (Lipinski definition) is 1. The standard InChI is InChI=1S/C28H39IN2O3/c1-3-4-5-6-7-8-9-10-11-12-21-30-28(33)25-15-13-24(14-16-25)22-31(34-23(2)32)27-19-17-26(29)18-20-27/h13-20H,3-12,21-22H2,1-2H3,(H,30,33). The zero-order valence-electron chi connectivity index (χ0n) is 20.7. The van der Waals surface area contributed by atoms with E-state index in [9.17, 15) is 9.59 Å². The molecule has 0 heterocycles. The molecule has 0 aromatic heterocycles. The molecule has 0 radical (unpaired) electrons. The molecule has 34 heavy (non-hydrogen) atoms. The van der Waals surface area contributed by atoms with Crippen molar-refractivity contribution in [3.8, 4) is 0 Å². The molecule has 186 valence electrons. The SMILES string of the molecule is CCCCCCCCCCCCNC(=O)c1ccc(CN(OC(C)=O)c2ccc(I)cc2)cc1. The summed E-state index contributed by atoms with van der Waals surface area (Å²) < 4.78 is 1.11. The Labute approximate surface area is 218 Å². The average molecular weight is 579 g/mol. The van der Waals surface area contributed by atoms with Gasteiger partial charge in [-0.2, -0.15) is 0 Å². The fourth-order valence-electron chi connectivity index (χ4n) is 3.78. The van der Waals surface area contributed by atoms with E-state index >= 15 is 0 Å². The number of nitrogens with one attached hydrogen (secondary N) is 1. The molecule has 2 aromatic carbocycles. The van der Waals surface area contributed by atoms with E-state index in [4.69, 9.17) is 4.84 Å². The van der Waals surface area contributed by atoms with Gasteiger partial charge in [0.05, 0.1) is 12.2 Å². The van der Waals surface area contributed by atoms with Crippen LogP contribution in [0, 0.1) is 3.57 Å². The lowest BCUT2D eigenvalue weighted by atomic mass is 10.1. The number of nitrogens with zero attached hydrogens (tertiary/aromatic N) is 1. The van der Waals surface area contributed by atoms with Crippen LogP contribution in [0.4, 0.5) is 5.69 Å². The molecule has 6 heteroatoms. The minimum Gasteiger partial charge on any atom is -0.352 e. The van der Waals surface area contributed by atoms with Gasteiger partial charge in [-0.1, -0.05) is 76.8 Å². The number of amides is 1. The predicted octanol–water partition coefficient (Wildman–Crippen LogP) is 7.43. The molecule has 2 aromatic rings. The number of halogens is 1. The van der Waals surface area contributed by atoms with Crippen molar-refractivity contribution < 1.29 is 14.4 Å². The number of carbonyl (C=O) groups is 2. The molecule has 0 unspecified atom stereocenters. The largest absolute Gasteiger partial charge is 0.352 e. The third kappa shape index (κ3) is 11.4.